The van der Waals surface area contributed by atoms with Gasteiger partial charge in [-0.15, -0.1) is 0 Å². The first-order valence-corrected chi connectivity index (χ1v) is 36.7. The Hall–Kier alpha value is -1.92. The van der Waals surface area contributed by atoms with Gasteiger partial charge in [0.2, 0.25) is 5.91 Å². The van der Waals surface area contributed by atoms with Crippen molar-refractivity contribution in [1.29, 1.82) is 0 Å². The molecule has 0 aliphatic heterocycles. The van der Waals surface area contributed by atoms with E-state index in [-0.39, 0.29) is 18.5 Å². The number of carbonyl (C=O) groups is 2. The predicted octanol–water partition coefficient (Wildman–Crippen LogP) is 23.9. The zero-order chi connectivity index (χ0) is 58.5. The number of ether oxygens (including phenoxy) is 1. The molecule has 0 aliphatic carbocycles. The lowest BCUT2D eigenvalue weighted by atomic mass is 10.0. The highest BCUT2D eigenvalue weighted by atomic mass is 16.5. The summed E-state index contributed by atoms with van der Waals surface area (Å²) in [7, 11) is 0. The number of nitrogens with one attached hydrogen (secondary N) is 1. The molecule has 2 unspecified atom stereocenters. The van der Waals surface area contributed by atoms with Gasteiger partial charge in [-0.3, -0.25) is 9.59 Å². The number of hydrogen-bond donors (Lipinski definition) is 3. The molecule has 2 atom stereocenters. The summed E-state index contributed by atoms with van der Waals surface area (Å²) in [5.41, 5.74) is 0. The molecule has 0 heterocycles. The molecule has 0 saturated carbocycles. The van der Waals surface area contributed by atoms with Crippen LogP contribution in [0.15, 0.2) is 36.5 Å². The summed E-state index contributed by atoms with van der Waals surface area (Å²) in [5, 5.41) is 23.3. The quantitative estimate of drug-likeness (QED) is 0.0320. The Morgan fingerprint density at radius 3 is 0.951 bits per heavy atom. The lowest BCUT2D eigenvalue weighted by molar-refractivity contribution is -0.143. The Morgan fingerprint density at radius 2 is 0.617 bits per heavy atom. The van der Waals surface area contributed by atoms with Crippen LogP contribution in [-0.4, -0.2) is 47.4 Å². The third-order valence-corrected chi connectivity index (χ3v) is 17.2. The summed E-state index contributed by atoms with van der Waals surface area (Å²) in [6.45, 7) is 4.97. The molecule has 1 amide bonds. The molecule has 3 N–H and O–H groups in total. The van der Waals surface area contributed by atoms with Crippen LogP contribution in [0.4, 0.5) is 0 Å². The summed E-state index contributed by atoms with van der Waals surface area (Å²) < 4.78 is 5.49. The smallest absolute Gasteiger partial charge is 0.305 e. The van der Waals surface area contributed by atoms with Gasteiger partial charge in [0, 0.05) is 12.8 Å². The molecule has 0 aromatic carbocycles. The maximum absolute atomic E-state index is 12.5. The molecule has 81 heavy (non-hydrogen) atoms. The van der Waals surface area contributed by atoms with Crippen LogP contribution in [0.3, 0.4) is 0 Å². The number of amides is 1. The van der Waals surface area contributed by atoms with Gasteiger partial charge in [0.05, 0.1) is 25.4 Å². The molecular formula is C75H143NO5. The average Bonchev–Trinajstić information content (AvgIpc) is 3.47. The number of hydrogen-bond acceptors (Lipinski definition) is 5. The van der Waals surface area contributed by atoms with E-state index in [2.05, 4.69) is 55.6 Å². The minimum Gasteiger partial charge on any atom is -0.466 e. The Kier molecular flexibility index (Phi) is 68.9. The monoisotopic (exact) mass is 1140 g/mol. The molecule has 6 heteroatoms. The van der Waals surface area contributed by atoms with Gasteiger partial charge < -0.3 is 20.3 Å². The number of carbonyl (C=O) groups excluding carboxylic acids is 2. The van der Waals surface area contributed by atoms with E-state index in [1.807, 2.05) is 0 Å². The van der Waals surface area contributed by atoms with Crippen molar-refractivity contribution in [3.8, 4) is 0 Å². The van der Waals surface area contributed by atoms with Crippen LogP contribution < -0.4 is 5.32 Å². The van der Waals surface area contributed by atoms with Gasteiger partial charge in [-0.2, -0.15) is 0 Å². The highest BCUT2D eigenvalue weighted by molar-refractivity contribution is 5.76. The molecule has 0 bridgehead atoms. The first kappa shape index (κ1) is 79.1. The van der Waals surface area contributed by atoms with E-state index in [0.29, 0.717) is 25.9 Å². The lowest BCUT2D eigenvalue weighted by Gasteiger charge is -2.22. The van der Waals surface area contributed by atoms with Gasteiger partial charge in [0.25, 0.3) is 0 Å². The number of aliphatic hydroxyl groups excluding tert-OH is 2. The van der Waals surface area contributed by atoms with E-state index in [0.717, 1.165) is 51.4 Å². The van der Waals surface area contributed by atoms with E-state index in [9.17, 15) is 19.8 Å². The molecular weight excluding hydrogens is 995 g/mol. The van der Waals surface area contributed by atoms with Crippen molar-refractivity contribution < 1.29 is 24.5 Å². The largest absolute Gasteiger partial charge is 0.466 e. The molecule has 0 aromatic heterocycles. The van der Waals surface area contributed by atoms with Crippen LogP contribution in [-0.2, 0) is 14.3 Å². The van der Waals surface area contributed by atoms with Crippen molar-refractivity contribution in [2.45, 2.75) is 418 Å². The van der Waals surface area contributed by atoms with Crippen LogP contribution in [0, 0.1) is 0 Å². The highest BCUT2D eigenvalue weighted by Crippen LogP contribution is 2.19. The average molecular weight is 1140 g/mol. The Bertz CT molecular complexity index is 1310. The second kappa shape index (κ2) is 70.6. The SMILES string of the molecule is CCCCCCC/C=C\CCCCCCCC(=O)OCCCCCCCCCCCCC/C=C\C/C=C\CCCCCCCCCCCCCCCCCCCC(=O)NC(CO)C(O)CCCCCCCCCCCCCCCCC. The molecule has 478 valence electrons. The van der Waals surface area contributed by atoms with Crippen molar-refractivity contribution in [3.63, 3.8) is 0 Å². The van der Waals surface area contributed by atoms with E-state index in [1.54, 1.807) is 0 Å². The summed E-state index contributed by atoms with van der Waals surface area (Å²) in [6.07, 6.45) is 90.7. The van der Waals surface area contributed by atoms with Crippen LogP contribution >= 0.6 is 0 Å². The fourth-order valence-corrected chi connectivity index (χ4v) is 11.6. The molecule has 0 radical (unpaired) electrons. The molecule has 0 aliphatic rings. The van der Waals surface area contributed by atoms with Crippen LogP contribution in [0.25, 0.3) is 0 Å². The summed E-state index contributed by atoms with van der Waals surface area (Å²) in [5.74, 6) is -0.0212. The number of rotatable bonds is 69. The second-order valence-corrected chi connectivity index (χ2v) is 25.3. The second-order valence-electron chi connectivity index (χ2n) is 25.3. The third kappa shape index (κ3) is 67.1. The van der Waals surface area contributed by atoms with Crippen molar-refractivity contribution in [2.24, 2.45) is 0 Å². The highest BCUT2D eigenvalue weighted by Gasteiger charge is 2.20. The van der Waals surface area contributed by atoms with Crippen molar-refractivity contribution >= 4 is 11.9 Å². The number of esters is 1. The standard InChI is InChI=1S/C75H143NO5/c1-3-5-7-9-11-13-15-17-40-43-47-51-55-59-63-67-73(78)72(71-77)76-74(79)68-64-60-56-52-48-44-41-38-36-34-32-30-28-26-24-22-20-19-21-23-25-27-29-31-33-35-37-39-42-46-50-54-58-62-66-70-81-75(80)69-65-61-57-53-49-45-18-16-14-12-10-8-6-4-2/h16,18,21,23,27,29,72-73,77-78H,3-15,17,19-20,22,24-26,28,30-71H2,1-2H3,(H,76,79)/b18-16-,23-21-,29-27-. The Morgan fingerprint density at radius 1 is 0.346 bits per heavy atom. The molecule has 0 aromatic rings. The van der Waals surface area contributed by atoms with E-state index < -0.39 is 12.1 Å². The first-order chi connectivity index (χ1) is 40.0. The molecule has 0 spiro atoms. The van der Waals surface area contributed by atoms with Crippen molar-refractivity contribution in [1.82, 2.24) is 5.32 Å². The summed E-state index contributed by atoms with van der Waals surface area (Å²) >= 11 is 0. The van der Waals surface area contributed by atoms with Gasteiger partial charge in [-0.1, -0.05) is 346 Å². The maximum atomic E-state index is 12.5. The Balaban J connectivity index is 3.36. The van der Waals surface area contributed by atoms with Gasteiger partial charge in [0.15, 0.2) is 0 Å². The van der Waals surface area contributed by atoms with Crippen molar-refractivity contribution in [3.05, 3.63) is 36.5 Å². The molecule has 0 saturated heterocycles. The number of allylic oxidation sites excluding steroid dienone is 6. The van der Waals surface area contributed by atoms with Gasteiger partial charge >= 0.3 is 5.97 Å². The topological polar surface area (TPSA) is 95.9 Å². The molecule has 0 fully saturated rings. The van der Waals surface area contributed by atoms with Gasteiger partial charge in [0.1, 0.15) is 0 Å². The maximum Gasteiger partial charge on any atom is 0.305 e. The third-order valence-electron chi connectivity index (χ3n) is 17.2. The first-order valence-electron chi connectivity index (χ1n) is 36.7. The van der Waals surface area contributed by atoms with E-state index in [1.165, 1.54) is 321 Å². The van der Waals surface area contributed by atoms with Crippen LogP contribution in [0.2, 0.25) is 0 Å². The minimum atomic E-state index is -0.662. The zero-order valence-electron chi connectivity index (χ0n) is 54.8. The van der Waals surface area contributed by atoms with Gasteiger partial charge in [-0.25, -0.2) is 0 Å². The normalized spacial score (nSPS) is 12.7. The van der Waals surface area contributed by atoms with Crippen LogP contribution in [0.5, 0.6) is 0 Å². The van der Waals surface area contributed by atoms with E-state index in [4.69, 9.17) is 4.74 Å². The Labute approximate surface area is 506 Å². The predicted molar refractivity (Wildman–Crippen MR) is 356 cm³/mol. The number of aliphatic hydroxyl groups is 2. The molecule has 0 rings (SSSR count). The van der Waals surface area contributed by atoms with E-state index >= 15 is 0 Å². The number of unbranched alkanes of at least 4 members (excludes halogenated alkanes) is 52. The summed E-state index contributed by atoms with van der Waals surface area (Å²) in [4.78, 5) is 24.6. The molecule has 6 nitrogen and oxygen atoms in total. The summed E-state index contributed by atoms with van der Waals surface area (Å²) in [6, 6.07) is -0.539. The lowest BCUT2D eigenvalue weighted by Crippen LogP contribution is -2.45. The fourth-order valence-electron chi connectivity index (χ4n) is 11.6. The fraction of sp³-hybridized carbons (Fsp3) is 0.893. The van der Waals surface area contributed by atoms with Crippen LogP contribution in [0.1, 0.15) is 406 Å². The minimum absolute atomic E-state index is 0.00860. The zero-order valence-corrected chi connectivity index (χ0v) is 54.8. The van der Waals surface area contributed by atoms with Gasteiger partial charge in [-0.05, 0) is 83.5 Å². The van der Waals surface area contributed by atoms with Crippen molar-refractivity contribution in [2.75, 3.05) is 13.2 Å².